The molecule has 0 amide bonds. The molecular formula is C28H36N6O2. The van der Waals surface area contributed by atoms with Gasteiger partial charge in [0.25, 0.3) is 0 Å². The van der Waals surface area contributed by atoms with Crippen molar-refractivity contribution in [3.05, 3.63) is 58.1 Å². The van der Waals surface area contributed by atoms with Crippen molar-refractivity contribution in [3.63, 3.8) is 0 Å². The maximum atomic E-state index is 12.8. The number of aryl methyl sites for hydroxylation is 1. The number of ether oxygens (including phenoxy) is 1. The van der Waals surface area contributed by atoms with Gasteiger partial charge < -0.3 is 9.64 Å². The predicted molar refractivity (Wildman–Crippen MR) is 142 cm³/mol. The molecule has 190 valence electrons. The van der Waals surface area contributed by atoms with Gasteiger partial charge in [0.2, 0.25) is 0 Å². The number of nitrogens with zero attached hydrogens (tertiary/aromatic N) is 6. The van der Waals surface area contributed by atoms with Crippen LogP contribution in [-0.4, -0.2) is 51.7 Å². The molecule has 0 aliphatic carbocycles. The van der Waals surface area contributed by atoms with Crippen LogP contribution < -0.4 is 15.3 Å². The molecule has 8 heteroatoms. The minimum atomic E-state index is -0.312. The van der Waals surface area contributed by atoms with Gasteiger partial charge in [0.15, 0.2) is 5.82 Å². The molecule has 0 spiro atoms. The average molecular weight is 489 g/mol. The summed E-state index contributed by atoms with van der Waals surface area (Å²) in [4.78, 5) is 26.8. The SMILES string of the molecule is CC[C@H]1CN(C(c2ccc(OC)cc2)C(C)C)[C@H](CC)CN1c1nc(=O)n(C)c2ccc(C#N)nc12. The van der Waals surface area contributed by atoms with Gasteiger partial charge in [-0.1, -0.05) is 39.8 Å². The number of methoxy groups -OCH3 is 1. The summed E-state index contributed by atoms with van der Waals surface area (Å²) in [6.07, 6.45) is 1.86. The van der Waals surface area contributed by atoms with Crippen LogP contribution in [0.2, 0.25) is 0 Å². The van der Waals surface area contributed by atoms with E-state index < -0.39 is 0 Å². The number of anilines is 1. The number of hydrogen-bond acceptors (Lipinski definition) is 7. The molecule has 0 radical (unpaired) electrons. The van der Waals surface area contributed by atoms with Crippen LogP contribution >= 0.6 is 0 Å². The summed E-state index contributed by atoms with van der Waals surface area (Å²) in [6, 6.07) is 14.7. The lowest BCUT2D eigenvalue weighted by Gasteiger charge is -2.50. The lowest BCUT2D eigenvalue weighted by atomic mass is 9.90. The largest absolute Gasteiger partial charge is 0.497 e. The second-order valence-electron chi connectivity index (χ2n) is 9.89. The van der Waals surface area contributed by atoms with E-state index in [2.05, 4.69) is 65.7 Å². The van der Waals surface area contributed by atoms with E-state index >= 15 is 0 Å². The van der Waals surface area contributed by atoms with E-state index in [0.717, 1.165) is 31.7 Å². The summed E-state index contributed by atoms with van der Waals surface area (Å²) < 4.78 is 6.88. The fraction of sp³-hybridized carbons (Fsp3) is 0.500. The molecule has 1 aromatic carbocycles. The highest BCUT2D eigenvalue weighted by atomic mass is 16.5. The van der Waals surface area contributed by atoms with E-state index in [0.29, 0.717) is 28.5 Å². The Hall–Kier alpha value is -3.44. The first kappa shape index (κ1) is 25.6. The summed E-state index contributed by atoms with van der Waals surface area (Å²) >= 11 is 0. The molecule has 3 atom stereocenters. The van der Waals surface area contributed by atoms with Crippen LogP contribution in [0.1, 0.15) is 57.8 Å². The minimum Gasteiger partial charge on any atom is -0.497 e. The molecule has 0 N–H and O–H groups in total. The Labute approximate surface area is 213 Å². The van der Waals surface area contributed by atoms with Crippen LogP contribution in [0, 0.1) is 17.2 Å². The van der Waals surface area contributed by atoms with Gasteiger partial charge in [-0.2, -0.15) is 10.2 Å². The molecule has 36 heavy (non-hydrogen) atoms. The zero-order valence-electron chi connectivity index (χ0n) is 22.1. The Morgan fingerprint density at radius 2 is 1.75 bits per heavy atom. The summed E-state index contributed by atoms with van der Waals surface area (Å²) in [5.41, 5.74) is 2.58. The van der Waals surface area contributed by atoms with Crippen molar-refractivity contribution < 1.29 is 4.74 Å². The van der Waals surface area contributed by atoms with E-state index in [1.807, 2.05) is 12.1 Å². The third-order valence-corrected chi connectivity index (χ3v) is 7.45. The molecule has 1 aliphatic rings. The fourth-order valence-corrected chi connectivity index (χ4v) is 5.52. The summed E-state index contributed by atoms with van der Waals surface area (Å²) in [7, 11) is 3.39. The number of benzene rings is 1. The Kier molecular flexibility index (Phi) is 7.60. The zero-order chi connectivity index (χ0) is 26.0. The molecule has 0 bridgehead atoms. The van der Waals surface area contributed by atoms with Crippen LogP contribution in [0.4, 0.5) is 5.82 Å². The number of aromatic nitrogens is 3. The monoisotopic (exact) mass is 488 g/mol. The number of nitriles is 1. The highest BCUT2D eigenvalue weighted by molar-refractivity contribution is 5.86. The maximum absolute atomic E-state index is 12.8. The van der Waals surface area contributed by atoms with Crippen LogP contribution in [0.3, 0.4) is 0 Å². The molecule has 1 aliphatic heterocycles. The second kappa shape index (κ2) is 10.7. The molecular weight excluding hydrogens is 452 g/mol. The molecule has 2 aromatic heterocycles. The highest BCUT2D eigenvalue weighted by Crippen LogP contribution is 2.37. The number of rotatable bonds is 7. The number of hydrogen-bond donors (Lipinski definition) is 0. The zero-order valence-corrected chi connectivity index (χ0v) is 22.1. The lowest BCUT2D eigenvalue weighted by molar-refractivity contribution is 0.0673. The minimum absolute atomic E-state index is 0.155. The van der Waals surface area contributed by atoms with E-state index in [9.17, 15) is 10.1 Å². The molecule has 1 saturated heterocycles. The van der Waals surface area contributed by atoms with Crippen molar-refractivity contribution in [3.8, 4) is 11.8 Å². The predicted octanol–water partition coefficient (Wildman–Crippen LogP) is 4.29. The average Bonchev–Trinajstić information content (AvgIpc) is 2.90. The van der Waals surface area contributed by atoms with Gasteiger partial charge >= 0.3 is 5.69 Å². The van der Waals surface area contributed by atoms with Crippen LogP contribution in [0.5, 0.6) is 5.75 Å². The van der Waals surface area contributed by atoms with E-state index in [1.165, 1.54) is 10.1 Å². The van der Waals surface area contributed by atoms with Gasteiger partial charge in [0.1, 0.15) is 23.0 Å². The van der Waals surface area contributed by atoms with Crippen LogP contribution in [-0.2, 0) is 7.05 Å². The van der Waals surface area contributed by atoms with Gasteiger partial charge in [-0.05, 0) is 48.6 Å². The first-order valence-corrected chi connectivity index (χ1v) is 12.8. The fourth-order valence-electron chi connectivity index (χ4n) is 5.52. The molecule has 1 fully saturated rings. The highest BCUT2D eigenvalue weighted by Gasteiger charge is 2.39. The van der Waals surface area contributed by atoms with Gasteiger partial charge in [-0.25, -0.2) is 9.78 Å². The van der Waals surface area contributed by atoms with Crippen molar-refractivity contribution in [2.24, 2.45) is 13.0 Å². The third kappa shape index (κ3) is 4.68. The first-order chi connectivity index (χ1) is 17.3. The first-order valence-electron chi connectivity index (χ1n) is 12.8. The van der Waals surface area contributed by atoms with Gasteiger partial charge in [-0.3, -0.25) is 9.47 Å². The smallest absolute Gasteiger partial charge is 0.349 e. The maximum Gasteiger partial charge on any atom is 0.349 e. The van der Waals surface area contributed by atoms with Crippen molar-refractivity contribution in [1.82, 2.24) is 19.4 Å². The standard InChI is InChI=1S/C28H36N6O2/c1-7-21-17-34(27-25-24(32(5)28(35)31-27)14-11-20(15-29)30-25)22(8-2)16-33(21)26(18(3)4)19-9-12-23(36-6)13-10-19/h9-14,18,21-22,26H,7-8,16-17H2,1-6H3/t21-,22+,26?/m1/s1. The normalized spacial score (nSPS) is 19.4. The molecule has 3 aromatic rings. The van der Waals surface area contributed by atoms with Crippen LogP contribution in [0.15, 0.2) is 41.2 Å². The topological polar surface area (TPSA) is 87.3 Å². The summed E-state index contributed by atoms with van der Waals surface area (Å²) in [6.45, 7) is 10.5. The van der Waals surface area contributed by atoms with E-state index in [1.54, 1.807) is 26.3 Å². The van der Waals surface area contributed by atoms with Gasteiger partial charge in [0, 0.05) is 38.3 Å². The Morgan fingerprint density at radius 1 is 1.06 bits per heavy atom. The molecule has 4 rings (SSSR count). The Bertz CT molecular complexity index is 1310. The Morgan fingerprint density at radius 3 is 2.33 bits per heavy atom. The summed E-state index contributed by atoms with van der Waals surface area (Å²) in [5, 5.41) is 9.46. The van der Waals surface area contributed by atoms with Gasteiger partial charge in [-0.15, -0.1) is 0 Å². The third-order valence-electron chi connectivity index (χ3n) is 7.45. The molecule has 1 unspecified atom stereocenters. The van der Waals surface area contributed by atoms with E-state index in [-0.39, 0.29) is 23.8 Å². The molecule has 0 saturated carbocycles. The summed E-state index contributed by atoms with van der Waals surface area (Å²) in [5.74, 6) is 1.86. The lowest BCUT2D eigenvalue weighted by Crippen LogP contribution is -2.60. The molecule has 3 heterocycles. The van der Waals surface area contributed by atoms with Crippen molar-refractivity contribution in [2.45, 2.75) is 58.7 Å². The van der Waals surface area contributed by atoms with Crippen LogP contribution in [0.25, 0.3) is 11.0 Å². The number of pyridine rings is 1. The number of fused-ring (bicyclic) bond motifs is 1. The van der Waals surface area contributed by atoms with E-state index in [4.69, 9.17) is 4.74 Å². The Balaban J connectivity index is 1.77. The number of piperazine rings is 1. The quantitative estimate of drug-likeness (QED) is 0.490. The molecule has 8 nitrogen and oxygen atoms in total. The van der Waals surface area contributed by atoms with Crippen molar-refractivity contribution in [2.75, 3.05) is 25.1 Å². The van der Waals surface area contributed by atoms with Crippen molar-refractivity contribution >= 4 is 16.9 Å². The van der Waals surface area contributed by atoms with Crippen molar-refractivity contribution in [1.29, 1.82) is 5.26 Å². The van der Waals surface area contributed by atoms with Gasteiger partial charge in [0.05, 0.1) is 12.6 Å². The second-order valence-corrected chi connectivity index (χ2v) is 9.89.